The molecular formula is C25H28N4O2. The molecule has 5 rings (SSSR count). The summed E-state index contributed by atoms with van der Waals surface area (Å²) in [6.07, 6.45) is 4.23. The Morgan fingerprint density at radius 1 is 1.16 bits per heavy atom. The van der Waals surface area contributed by atoms with Gasteiger partial charge in [0.05, 0.1) is 11.1 Å². The highest BCUT2D eigenvalue weighted by atomic mass is 16.3. The van der Waals surface area contributed by atoms with E-state index in [0.717, 1.165) is 67.6 Å². The topological polar surface area (TPSA) is 78.4 Å². The van der Waals surface area contributed by atoms with Crippen LogP contribution in [-0.4, -0.2) is 40.6 Å². The Kier molecular flexibility index (Phi) is 5.22. The standard InChI is InChI=1S/C25H28N4O2/c1-16-8-11-19-21(13-16)27-23(20-6-2-3-7-22(20)30)28-24(19)29-12-4-5-17(15-29)14-26-25(31)18-9-10-18/h2-3,6-8,11,13,17-18,30H,4-5,9-10,12,14-15H2,1H3,(H,26,31)/t17-/m0/s1. The van der Waals surface area contributed by atoms with E-state index in [-0.39, 0.29) is 17.6 Å². The summed E-state index contributed by atoms with van der Waals surface area (Å²) >= 11 is 0. The zero-order valence-corrected chi connectivity index (χ0v) is 17.8. The number of phenols is 1. The molecule has 1 amide bonds. The number of piperidine rings is 1. The molecule has 0 radical (unpaired) electrons. The number of aromatic nitrogens is 2. The van der Waals surface area contributed by atoms with Crippen LogP contribution in [0.2, 0.25) is 0 Å². The Bertz CT molecular complexity index is 1130. The summed E-state index contributed by atoms with van der Waals surface area (Å²) in [5.74, 6) is 2.48. The van der Waals surface area contributed by atoms with E-state index >= 15 is 0 Å². The number of fused-ring (bicyclic) bond motifs is 1. The number of para-hydroxylation sites is 1. The number of amides is 1. The summed E-state index contributed by atoms with van der Waals surface area (Å²) in [5.41, 5.74) is 2.66. The largest absolute Gasteiger partial charge is 0.507 e. The van der Waals surface area contributed by atoms with E-state index < -0.39 is 0 Å². The van der Waals surface area contributed by atoms with Crippen LogP contribution < -0.4 is 10.2 Å². The van der Waals surface area contributed by atoms with Crippen molar-refractivity contribution in [2.24, 2.45) is 11.8 Å². The first-order valence-electron chi connectivity index (χ1n) is 11.2. The van der Waals surface area contributed by atoms with Gasteiger partial charge in [-0.25, -0.2) is 9.97 Å². The third-order valence-corrected chi connectivity index (χ3v) is 6.31. The van der Waals surface area contributed by atoms with Crippen LogP contribution in [0.1, 0.15) is 31.2 Å². The number of aromatic hydroxyl groups is 1. The summed E-state index contributed by atoms with van der Waals surface area (Å²) in [6, 6.07) is 13.5. The summed E-state index contributed by atoms with van der Waals surface area (Å²) in [7, 11) is 0. The number of benzene rings is 2. The van der Waals surface area contributed by atoms with Crippen molar-refractivity contribution in [1.82, 2.24) is 15.3 Å². The molecule has 0 bridgehead atoms. The minimum atomic E-state index is 0.180. The van der Waals surface area contributed by atoms with E-state index in [2.05, 4.69) is 35.3 Å². The van der Waals surface area contributed by atoms with Crippen LogP contribution in [0.4, 0.5) is 5.82 Å². The number of aryl methyl sites for hydroxylation is 1. The molecule has 2 aliphatic rings. The molecule has 160 valence electrons. The first-order valence-corrected chi connectivity index (χ1v) is 11.2. The van der Waals surface area contributed by atoms with Crippen molar-refractivity contribution in [2.75, 3.05) is 24.5 Å². The fourth-order valence-electron chi connectivity index (χ4n) is 4.41. The average molecular weight is 417 g/mol. The normalized spacial score (nSPS) is 18.9. The molecule has 1 atom stereocenters. The van der Waals surface area contributed by atoms with Crippen molar-refractivity contribution < 1.29 is 9.90 Å². The van der Waals surface area contributed by atoms with Gasteiger partial charge in [0, 0.05) is 30.9 Å². The maximum atomic E-state index is 12.1. The SMILES string of the molecule is Cc1ccc2c(N3CCC[C@@H](CNC(=O)C4CC4)C3)nc(-c3ccccc3O)nc2c1. The number of carbonyl (C=O) groups excluding carboxylic acids is 1. The fourth-order valence-corrected chi connectivity index (χ4v) is 4.41. The average Bonchev–Trinajstić information content (AvgIpc) is 3.62. The summed E-state index contributed by atoms with van der Waals surface area (Å²) in [5, 5.41) is 14.5. The maximum Gasteiger partial charge on any atom is 0.223 e. The van der Waals surface area contributed by atoms with Crippen LogP contribution in [-0.2, 0) is 4.79 Å². The molecule has 6 heteroatoms. The van der Waals surface area contributed by atoms with Gasteiger partial charge < -0.3 is 15.3 Å². The molecule has 1 aliphatic heterocycles. The number of nitrogens with zero attached hydrogens (tertiary/aromatic N) is 3. The van der Waals surface area contributed by atoms with Gasteiger partial charge in [0.25, 0.3) is 0 Å². The molecule has 2 aromatic carbocycles. The molecule has 1 aromatic heterocycles. The van der Waals surface area contributed by atoms with Gasteiger partial charge in [-0.05, 0) is 68.4 Å². The highest BCUT2D eigenvalue weighted by Gasteiger charge is 2.30. The number of hydrogen-bond acceptors (Lipinski definition) is 5. The number of nitrogens with one attached hydrogen (secondary N) is 1. The molecule has 2 fully saturated rings. The van der Waals surface area contributed by atoms with Crippen LogP contribution in [0.3, 0.4) is 0 Å². The van der Waals surface area contributed by atoms with E-state index in [4.69, 9.17) is 9.97 Å². The van der Waals surface area contributed by atoms with E-state index in [9.17, 15) is 9.90 Å². The Balaban J connectivity index is 1.47. The molecule has 1 saturated heterocycles. The van der Waals surface area contributed by atoms with Crippen LogP contribution in [0.5, 0.6) is 5.75 Å². The maximum absolute atomic E-state index is 12.1. The third-order valence-electron chi connectivity index (χ3n) is 6.31. The molecule has 1 saturated carbocycles. The smallest absolute Gasteiger partial charge is 0.223 e. The van der Waals surface area contributed by atoms with Crippen molar-refractivity contribution in [2.45, 2.75) is 32.6 Å². The lowest BCUT2D eigenvalue weighted by molar-refractivity contribution is -0.122. The minimum absolute atomic E-state index is 0.180. The minimum Gasteiger partial charge on any atom is -0.507 e. The van der Waals surface area contributed by atoms with Crippen molar-refractivity contribution in [1.29, 1.82) is 0 Å². The molecular weight excluding hydrogens is 388 g/mol. The number of carbonyl (C=O) groups is 1. The third kappa shape index (κ3) is 4.20. The zero-order valence-electron chi connectivity index (χ0n) is 17.8. The predicted molar refractivity (Wildman–Crippen MR) is 122 cm³/mol. The van der Waals surface area contributed by atoms with Crippen LogP contribution >= 0.6 is 0 Å². The first-order chi connectivity index (χ1) is 15.1. The second kappa shape index (κ2) is 8.17. The Morgan fingerprint density at radius 3 is 2.81 bits per heavy atom. The van der Waals surface area contributed by atoms with Gasteiger partial charge in [0.2, 0.25) is 5.91 Å². The van der Waals surface area contributed by atoms with Gasteiger partial charge in [-0.15, -0.1) is 0 Å². The number of phenolic OH excluding ortho intramolecular Hbond substituents is 1. The van der Waals surface area contributed by atoms with E-state index in [1.807, 2.05) is 12.1 Å². The summed E-state index contributed by atoms with van der Waals surface area (Å²) in [6.45, 7) is 4.55. The summed E-state index contributed by atoms with van der Waals surface area (Å²) in [4.78, 5) is 24.1. The van der Waals surface area contributed by atoms with Gasteiger partial charge in [-0.3, -0.25) is 4.79 Å². The predicted octanol–water partition coefficient (Wildman–Crippen LogP) is 4.05. The Labute approximate surface area is 182 Å². The molecule has 3 aromatic rings. The van der Waals surface area contributed by atoms with Crippen molar-refractivity contribution in [3.05, 3.63) is 48.0 Å². The lowest BCUT2D eigenvalue weighted by Crippen LogP contribution is -2.41. The number of hydrogen-bond donors (Lipinski definition) is 2. The number of anilines is 1. The van der Waals surface area contributed by atoms with Crippen LogP contribution in [0, 0.1) is 18.8 Å². The van der Waals surface area contributed by atoms with Crippen molar-refractivity contribution in [3.8, 4) is 17.1 Å². The van der Waals surface area contributed by atoms with Gasteiger partial charge in [-0.2, -0.15) is 0 Å². The van der Waals surface area contributed by atoms with Crippen molar-refractivity contribution >= 4 is 22.6 Å². The van der Waals surface area contributed by atoms with Gasteiger partial charge in [0.15, 0.2) is 5.82 Å². The fraction of sp³-hybridized carbons (Fsp3) is 0.400. The lowest BCUT2D eigenvalue weighted by atomic mass is 9.97. The quantitative estimate of drug-likeness (QED) is 0.656. The van der Waals surface area contributed by atoms with Crippen LogP contribution in [0.15, 0.2) is 42.5 Å². The molecule has 0 spiro atoms. The molecule has 2 N–H and O–H groups in total. The van der Waals surface area contributed by atoms with Gasteiger partial charge in [0.1, 0.15) is 11.6 Å². The second-order valence-corrected chi connectivity index (χ2v) is 8.88. The van der Waals surface area contributed by atoms with Gasteiger partial charge in [-0.1, -0.05) is 18.2 Å². The first kappa shape index (κ1) is 19.8. The summed E-state index contributed by atoms with van der Waals surface area (Å²) < 4.78 is 0. The van der Waals surface area contributed by atoms with E-state index in [1.165, 1.54) is 0 Å². The van der Waals surface area contributed by atoms with Crippen molar-refractivity contribution in [3.63, 3.8) is 0 Å². The molecule has 1 aliphatic carbocycles. The zero-order chi connectivity index (χ0) is 21.4. The Morgan fingerprint density at radius 2 is 2.00 bits per heavy atom. The molecule has 31 heavy (non-hydrogen) atoms. The lowest BCUT2D eigenvalue weighted by Gasteiger charge is -2.34. The molecule has 2 heterocycles. The molecule has 0 unspecified atom stereocenters. The van der Waals surface area contributed by atoms with E-state index in [1.54, 1.807) is 12.1 Å². The Hall–Kier alpha value is -3.15. The highest BCUT2D eigenvalue weighted by molar-refractivity contribution is 5.92. The monoisotopic (exact) mass is 416 g/mol. The number of rotatable bonds is 5. The van der Waals surface area contributed by atoms with Crippen LogP contribution in [0.25, 0.3) is 22.3 Å². The van der Waals surface area contributed by atoms with E-state index in [0.29, 0.717) is 17.3 Å². The second-order valence-electron chi connectivity index (χ2n) is 8.88. The molecule has 6 nitrogen and oxygen atoms in total. The highest BCUT2D eigenvalue weighted by Crippen LogP contribution is 2.34. The van der Waals surface area contributed by atoms with Gasteiger partial charge >= 0.3 is 0 Å².